The molecule has 0 spiro atoms. The van der Waals surface area contributed by atoms with Gasteiger partial charge in [-0.05, 0) is 62.2 Å². The highest BCUT2D eigenvalue weighted by Crippen LogP contribution is 2.33. The van der Waals surface area contributed by atoms with Gasteiger partial charge >= 0.3 is 5.97 Å². The minimum Gasteiger partial charge on any atom is -0.494 e. The number of hydrogen-bond donors (Lipinski definition) is 4. The predicted molar refractivity (Wildman–Crippen MR) is 151 cm³/mol. The zero-order valence-electron chi connectivity index (χ0n) is 21.3. The highest BCUT2D eigenvalue weighted by atomic mass is 35.5. The van der Waals surface area contributed by atoms with Gasteiger partial charge in [-0.25, -0.2) is 4.99 Å². The lowest BCUT2D eigenvalue weighted by molar-refractivity contribution is -0.137. The maximum Gasteiger partial charge on any atom is 0.303 e. The number of aromatic hydroxyl groups is 1. The van der Waals surface area contributed by atoms with Crippen LogP contribution in [0.2, 0.25) is 5.02 Å². The number of fused-ring (bicyclic) bond motifs is 1. The van der Waals surface area contributed by atoms with E-state index in [0.29, 0.717) is 39.6 Å². The van der Waals surface area contributed by atoms with Crippen LogP contribution < -0.4 is 10.6 Å². The van der Waals surface area contributed by atoms with Crippen molar-refractivity contribution >= 4 is 51.5 Å². The molecular weight excluding hydrogens is 504 g/mol. The van der Waals surface area contributed by atoms with Crippen LogP contribution >= 0.6 is 11.6 Å². The average molecular weight is 533 g/mol. The molecule has 0 atom stereocenters. The number of halogens is 1. The molecule has 9 heteroatoms. The number of nitrogens with zero attached hydrogens (tertiary/aromatic N) is 2. The number of aromatic nitrogens is 1. The number of carbonyl (C=O) groups is 2. The lowest BCUT2D eigenvalue weighted by atomic mass is 9.98. The minimum atomic E-state index is -1.01. The molecule has 0 aliphatic rings. The molecule has 1 aromatic heterocycles. The van der Waals surface area contributed by atoms with Crippen LogP contribution in [0.25, 0.3) is 10.9 Å². The number of aryl methyl sites for hydroxylation is 1. The number of hydrogen-bond acceptors (Lipinski definition) is 5. The fourth-order valence-corrected chi connectivity index (χ4v) is 4.34. The first-order valence-electron chi connectivity index (χ1n) is 12.0. The number of carboxylic acid groups (broad SMARTS) is 1. The van der Waals surface area contributed by atoms with E-state index in [1.165, 1.54) is 4.90 Å². The number of aromatic amines is 1. The highest BCUT2D eigenvalue weighted by Gasteiger charge is 2.26. The van der Waals surface area contributed by atoms with E-state index in [2.05, 4.69) is 4.98 Å². The third-order valence-electron chi connectivity index (χ3n) is 6.17. The summed E-state index contributed by atoms with van der Waals surface area (Å²) < 4.78 is 0. The first-order chi connectivity index (χ1) is 17.9. The number of nitrogens with one attached hydrogen (secondary N) is 1. The van der Waals surface area contributed by atoms with Crippen LogP contribution in [-0.4, -0.2) is 45.4 Å². The van der Waals surface area contributed by atoms with Crippen molar-refractivity contribution in [3.05, 3.63) is 88.4 Å². The summed E-state index contributed by atoms with van der Waals surface area (Å²) in [4.78, 5) is 32.9. The van der Waals surface area contributed by atoms with Gasteiger partial charge in [-0.3, -0.25) is 9.59 Å². The monoisotopic (exact) mass is 532 g/mol. The van der Waals surface area contributed by atoms with Crippen molar-refractivity contribution < 1.29 is 19.8 Å². The number of amides is 1. The van der Waals surface area contributed by atoms with E-state index in [1.54, 1.807) is 57.3 Å². The van der Waals surface area contributed by atoms with E-state index < -0.39 is 11.5 Å². The van der Waals surface area contributed by atoms with Gasteiger partial charge in [0.2, 0.25) is 5.91 Å². The van der Waals surface area contributed by atoms with Crippen LogP contribution in [-0.2, 0) is 16.0 Å². The molecule has 196 valence electrons. The molecule has 1 amide bonds. The van der Waals surface area contributed by atoms with E-state index in [0.717, 1.165) is 16.5 Å². The minimum absolute atomic E-state index is 0.0366. The second kappa shape index (κ2) is 10.7. The van der Waals surface area contributed by atoms with Gasteiger partial charge in [-0.1, -0.05) is 41.9 Å². The number of likely N-dealkylation sites (N-methyl/N-ethyl adjacent to an activating group) is 1. The van der Waals surface area contributed by atoms with Crippen LogP contribution in [0.5, 0.6) is 5.88 Å². The molecule has 3 aromatic carbocycles. The van der Waals surface area contributed by atoms with E-state index in [-0.39, 0.29) is 18.2 Å². The molecule has 1 heterocycles. The van der Waals surface area contributed by atoms with Crippen LogP contribution in [0.3, 0.4) is 0 Å². The Morgan fingerprint density at radius 1 is 1.05 bits per heavy atom. The van der Waals surface area contributed by atoms with Gasteiger partial charge in [-0.2, -0.15) is 0 Å². The zero-order chi connectivity index (χ0) is 27.6. The van der Waals surface area contributed by atoms with E-state index >= 15 is 0 Å². The van der Waals surface area contributed by atoms with Crippen molar-refractivity contribution in [2.24, 2.45) is 10.7 Å². The number of rotatable bonds is 8. The molecular formula is C29H29ClN4O4. The summed E-state index contributed by atoms with van der Waals surface area (Å²) in [5, 5.41) is 21.2. The first-order valence-corrected chi connectivity index (χ1v) is 12.4. The Morgan fingerprint density at radius 2 is 1.71 bits per heavy atom. The highest BCUT2D eigenvalue weighted by molar-refractivity contribution is 6.31. The summed E-state index contributed by atoms with van der Waals surface area (Å²) in [5.74, 6) is -1.13. The molecule has 38 heavy (non-hydrogen) atoms. The fraction of sp³-hybridized carbons (Fsp3) is 0.207. The standard InChI is InChI=1S/C29H29ClN4O4/c1-29(2,31)28(38)34(3)21-12-10-20(11-13-21)32-26(18-7-4-17(5-8-18)6-15-24(35)36)25-22-14-9-19(30)16-23(22)33-27(25)37/h4-5,7-14,16,33,37H,6,15,31H2,1-3H3,(H,35,36). The molecule has 8 nitrogen and oxygen atoms in total. The molecule has 0 aliphatic carbocycles. The summed E-state index contributed by atoms with van der Waals surface area (Å²) in [5.41, 5.74) is 9.53. The van der Waals surface area contributed by atoms with Gasteiger partial charge in [0, 0.05) is 35.1 Å². The molecule has 0 saturated carbocycles. The smallest absolute Gasteiger partial charge is 0.303 e. The number of anilines is 1. The topological polar surface area (TPSA) is 132 Å². The largest absolute Gasteiger partial charge is 0.494 e. The van der Waals surface area contributed by atoms with Crippen LogP contribution in [0, 0.1) is 0 Å². The summed E-state index contributed by atoms with van der Waals surface area (Å²) in [6, 6.07) is 19.8. The van der Waals surface area contributed by atoms with Gasteiger partial charge in [0.05, 0.1) is 28.0 Å². The van der Waals surface area contributed by atoms with Crippen molar-refractivity contribution in [1.29, 1.82) is 0 Å². The Morgan fingerprint density at radius 3 is 2.32 bits per heavy atom. The number of aliphatic carboxylic acids is 1. The van der Waals surface area contributed by atoms with Crippen molar-refractivity contribution in [2.75, 3.05) is 11.9 Å². The van der Waals surface area contributed by atoms with Gasteiger partial charge in [-0.15, -0.1) is 0 Å². The Labute approximate surface area is 225 Å². The number of carboxylic acids is 1. The molecule has 4 rings (SSSR count). The van der Waals surface area contributed by atoms with E-state index in [1.807, 2.05) is 30.3 Å². The summed E-state index contributed by atoms with van der Waals surface area (Å²) in [6.45, 7) is 3.31. The molecule has 0 unspecified atom stereocenters. The fourth-order valence-electron chi connectivity index (χ4n) is 4.17. The summed E-state index contributed by atoms with van der Waals surface area (Å²) in [6.07, 6.45) is 0.446. The van der Waals surface area contributed by atoms with Crippen LogP contribution in [0.1, 0.15) is 37.0 Å². The Kier molecular flexibility index (Phi) is 7.57. The normalized spacial score (nSPS) is 12.1. The summed E-state index contributed by atoms with van der Waals surface area (Å²) >= 11 is 6.16. The number of carbonyl (C=O) groups excluding carboxylic acids is 1. The van der Waals surface area contributed by atoms with E-state index in [4.69, 9.17) is 27.4 Å². The maximum absolute atomic E-state index is 12.6. The SMILES string of the molecule is CN(C(=O)C(C)(C)N)c1ccc(N=C(c2ccc(CCC(=O)O)cc2)c2c(O)[nH]c3cc(Cl)ccc23)cc1. The zero-order valence-corrected chi connectivity index (χ0v) is 22.1. The average Bonchev–Trinajstić information content (AvgIpc) is 3.19. The van der Waals surface area contributed by atoms with Gasteiger partial charge in [0.1, 0.15) is 0 Å². The van der Waals surface area contributed by atoms with Crippen molar-refractivity contribution in [2.45, 2.75) is 32.2 Å². The number of nitrogens with two attached hydrogens (primary N) is 1. The maximum atomic E-state index is 12.6. The molecule has 0 radical (unpaired) electrons. The Balaban J connectivity index is 1.78. The lowest BCUT2D eigenvalue weighted by Crippen LogP contribution is -2.49. The molecule has 0 fully saturated rings. The molecule has 5 N–H and O–H groups in total. The summed E-state index contributed by atoms with van der Waals surface area (Å²) in [7, 11) is 1.67. The quantitative estimate of drug-likeness (QED) is 0.225. The second-order valence-electron chi connectivity index (χ2n) is 9.69. The van der Waals surface area contributed by atoms with Crippen LogP contribution in [0.15, 0.2) is 71.7 Å². The Bertz CT molecular complexity index is 1520. The second-order valence-corrected chi connectivity index (χ2v) is 10.1. The van der Waals surface area contributed by atoms with Gasteiger partial charge in [0.25, 0.3) is 0 Å². The number of aliphatic imine (C=N–C) groups is 1. The first kappa shape index (κ1) is 26.9. The third-order valence-corrected chi connectivity index (χ3v) is 6.40. The van der Waals surface area contributed by atoms with Crippen molar-refractivity contribution in [3.63, 3.8) is 0 Å². The van der Waals surface area contributed by atoms with Crippen molar-refractivity contribution in [3.8, 4) is 5.88 Å². The van der Waals surface area contributed by atoms with Crippen molar-refractivity contribution in [1.82, 2.24) is 4.98 Å². The molecule has 4 aromatic rings. The van der Waals surface area contributed by atoms with Gasteiger partial charge in [0.15, 0.2) is 5.88 Å². The molecule has 0 bridgehead atoms. The molecule has 0 aliphatic heterocycles. The third kappa shape index (κ3) is 5.88. The molecule has 0 saturated heterocycles. The predicted octanol–water partition coefficient (Wildman–Crippen LogP) is 5.41. The van der Waals surface area contributed by atoms with Crippen LogP contribution in [0.4, 0.5) is 11.4 Å². The number of benzene rings is 3. The van der Waals surface area contributed by atoms with Gasteiger partial charge < -0.3 is 25.8 Å². The lowest BCUT2D eigenvalue weighted by Gasteiger charge is -2.25. The number of H-pyrrole nitrogens is 1. The Hall–Kier alpha value is -4.14. The van der Waals surface area contributed by atoms with E-state index in [9.17, 15) is 14.7 Å².